The first-order valence-corrected chi connectivity index (χ1v) is 8.49. The van der Waals surface area contributed by atoms with Gasteiger partial charge in [-0.15, -0.1) is 0 Å². The van der Waals surface area contributed by atoms with Gasteiger partial charge in [0.2, 0.25) is 5.88 Å². The van der Waals surface area contributed by atoms with Crippen molar-refractivity contribution < 1.29 is 18.8 Å². The Bertz CT molecular complexity index is 810. The van der Waals surface area contributed by atoms with Gasteiger partial charge in [0, 0.05) is 37.0 Å². The number of hydrogen-bond donors (Lipinski definition) is 1. The quantitative estimate of drug-likeness (QED) is 0.831. The van der Waals surface area contributed by atoms with Crippen molar-refractivity contribution in [2.24, 2.45) is 11.3 Å². The van der Waals surface area contributed by atoms with E-state index in [2.05, 4.69) is 25.3 Å². The number of aryl methyl sites for hydroxylation is 1. The van der Waals surface area contributed by atoms with Gasteiger partial charge < -0.3 is 24.2 Å². The van der Waals surface area contributed by atoms with Crippen molar-refractivity contribution in [3.05, 3.63) is 29.9 Å². The lowest BCUT2D eigenvalue weighted by molar-refractivity contribution is 0.0918. The highest BCUT2D eigenvalue weighted by atomic mass is 16.5. The van der Waals surface area contributed by atoms with Gasteiger partial charge in [-0.2, -0.15) is 0 Å². The molecule has 9 nitrogen and oxygen atoms in total. The van der Waals surface area contributed by atoms with Crippen LogP contribution in [0.15, 0.2) is 23.1 Å². The molecule has 4 heterocycles. The number of nitrogens with zero attached hydrogens (tertiary/aromatic N) is 4. The van der Waals surface area contributed by atoms with Crippen molar-refractivity contribution in [3.63, 3.8) is 0 Å². The summed E-state index contributed by atoms with van der Waals surface area (Å²) in [5, 5.41) is 6.68. The number of methoxy groups -OCH3 is 1. The molecule has 2 aliphatic heterocycles. The molecule has 0 bridgehead atoms. The van der Waals surface area contributed by atoms with Crippen LogP contribution in [-0.4, -0.2) is 61.0 Å². The van der Waals surface area contributed by atoms with E-state index in [0.717, 1.165) is 18.9 Å². The van der Waals surface area contributed by atoms with Gasteiger partial charge in [0.15, 0.2) is 0 Å². The van der Waals surface area contributed by atoms with Crippen LogP contribution in [0.5, 0.6) is 5.88 Å². The average Bonchev–Trinajstić information content (AvgIpc) is 3.33. The number of aromatic nitrogens is 3. The SMILES string of the molecule is COc1cc(N2C[C@H]3COC[C@@]3(CNC(=O)c3cnoc3C)C2)ncn1. The van der Waals surface area contributed by atoms with E-state index in [1.54, 1.807) is 14.0 Å². The molecule has 0 radical (unpaired) electrons. The third-order valence-corrected chi connectivity index (χ3v) is 5.28. The minimum Gasteiger partial charge on any atom is -0.481 e. The zero-order chi connectivity index (χ0) is 18.1. The van der Waals surface area contributed by atoms with Crippen molar-refractivity contribution >= 4 is 11.7 Å². The maximum absolute atomic E-state index is 12.4. The molecule has 2 fully saturated rings. The van der Waals surface area contributed by atoms with Crippen LogP contribution < -0.4 is 15.0 Å². The lowest BCUT2D eigenvalue weighted by atomic mass is 9.81. The van der Waals surface area contributed by atoms with Gasteiger partial charge in [0.25, 0.3) is 5.91 Å². The van der Waals surface area contributed by atoms with Gasteiger partial charge in [-0.25, -0.2) is 9.97 Å². The van der Waals surface area contributed by atoms with E-state index in [0.29, 0.717) is 42.9 Å². The summed E-state index contributed by atoms with van der Waals surface area (Å²) in [6.45, 7) is 5.12. The first kappa shape index (κ1) is 16.8. The number of ether oxygens (including phenoxy) is 2. The predicted molar refractivity (Wildman–Crippen MR) is 91.1 cm³/mol. The number of carbonyl (C=O) groups excluding carboxylic acids is 1. The summed E-state index contributed by atoms with van der Waals surface area (Å²) < 4.78 is 15.9. The summed E-state index contributed by atoms with van der Waals surface area (Å²) in [6.07, 6.45) is 2.95. The Morgan fingerprint density at radius 3 is 3.15 bits per heavy atom. The molecular weight excluding hydrogens is 338 g/mol. The molecular formula is C17H21N5O4. The van der Waals surface area contributed by atoms with Crippen LogP contribution in [0.4, 0.5) is 5.82 Å². The average molecular weight is 359 g/mol. The van der Waals surface area contributed by atoms with Crippen molar-refractivity contribution in [1.29, 1.82) is 0 Å². The Morgan fingerprint density at radius 2 is 2.38 bits per heavy atom. The Kier molecular flexibility index (Phi) is 4.23. The summed E-state index contributed by atoms with van der Waals surface area (Å²) >= 11 is 0. The molecule has 1 N–H and O–H groups in total. The summed E-state index contributed by atoms with van der Waals surface area (Å²) in [6, 6.07) is 1.83. The first-order valence-electron chi connectivity index (χ1n) is 8.49. The number of rotatable bonds is 5. The van der Waals surface area contributed by atoms with Crippen LogP contribution in [-0.2, 0) is 4.74 Å². The standard InChI is InChI=1S/C17H21N5O4/c1-11-13(4-21-26-11)16(23)18-7-17-8-22(5-12(17)6-25-9-17)14-3-15(24-2)20-10-19-14/h3-4,10,12H,5-9H2,1-2H3,(H,18,23)/t12-,17+/m0/s1. The summed E-state index contributed by atoms with van der Waals surface area (Å²) in [5.74, 6) is 2.03. The van der Waals surface area contributed by atoms with Crippen LogP contribution in [0.3, 0.4) is 0 Å². The Labute approximate surface area is 150 Å². The van der Waals surface area contributed by atoms with Gasteiger partial charge in [-0.3, -0.25) is 4.79 Å². The molecule has 9 heteroatoms. The monoisotopic (exact) mass is 359 g/mol. The van der Waals surface area contributed by atoms with Crippen LogP contribution in [0.1, 0.15) is 16.1 Å². The van der Waals surface area contributed by atoms with Crippen LogP contribution in [0.2, 0.25) is 0 Å². The Morgan fingerprint density at radius 1 is 1.50 bits per heavy atom. The fraction of sp³-hybridized carbons (Fsp3) is 0.529. The fourth-order valence-corrected chi connectivity index (χ4v) is 3.74. The van der Waals surface area contributed by atoms with E-state index < -0.39 is 0 Å². The fourth-order valence-electron chi connectivity index (χ4n) is 3.74. The van der Waals surface area contributed by atoms with E-state index in [1.807, 2.05) is 6.07 Å². The molecule has 2 aromatic heterocycles. The van der Waals surface area contributed by atoms with E-state index in [-0.39, 0.29) is 11.3 Å². The number of carbonyl (C=O) groups is 1. The number of nitrogens with one attached hydrogen (secondary N) is 1. The second kappa shape index (κ2) is 6.56. The highest BCUT2D eigenvalue weighted by Gasteiger charge is 2.51. The largest absolute Gasteiger partial charge is 0.481 e. The molecule has 2 aromatic rings. The highest BCUT2D eigenvalue weighted by Crippen LogP contribution is 2.42. The van der Waals surface area contributed by atoms with E-state index >= 15 is 0 Å². The van der Waals surface area contributed by atoms with Crippen molar-refractivity contribution in [2.75, 3.05) is 44.9 Å². The minimum absolute atomic E-state index is 0.140. The molecule has 0 spiro atoms. The number of amides is 1. The third kappa shape index (κ3) is 2.88. The van der Waals surface area contributed by atoms with E-state index in [9.17, 15) is 4.79 Å². The summed E-state index contributed by atoms with van der Waals surface area (Å²) in [7, 11) is 1.59. The van der Waals surface area contributed by atoms with Crippen LogP contribution >= 0.6 is 0 Å². The minimum atomic E-state index is -0.175. The molecule has 138 valence electrons. The first-order chi connectivity index (χ1) is 12.6. The highest BCUT2D eigenvalue weighted by molar-refractivity contribution is 5.94. The second-order valence-corrected chi connectivity index (χ2v) is 6.85. The van der Waals surface area contributed by atoms with Gasteiger partial charge in [0.1, 0.15) is 23.5 Å². The van der Waals surface area contributed by atoms with E-state index in [1.165, 1.54) is 12.5 Å². The molecule has 4 rings (SSSR count). The summed E-state index contributed by atoms with van der Waals surface area (Å²) in [4.78, 5) is 23.0. The number of fused-ring (bicyclic) bond motifs is 1. The van der Waals surface area contributed by atoms with E-state index in [4.69, 9.17) is 14.0 Å². The van der Waals surface area contributed by atoms with Crippen molar-refractivity contribution in [3.8, 4) is 5.88 Å². The van der Waals surface area contributed by atoms with Crippen LogP contribution in [0, 0.1) is 18.3 Å². The van der Waals surface area contributed by atoms with Gasteiger partial charge in [0.05, 0.1) is 26.5 Å². The van der Waals surface area contributed by atoms with Crippen molar-refractivity contribution in [2.45, 2.75) is 6.92 Å². The smallest absolute Gasteiger partial charge is 0.256 e. The lowest BCUT2D eigenvalue weighted by Gasteiger charge is -2.27. The second-order valence-electron chi connectivity index (χ2n) is 6.85. The number of hydrogen-bond acceptors (Lipinski definition) is 8. The molecule has 2 saturated heterocycles. The van der Waals surface area contributed by atoms with Gasteiger partial charge in [-0.05, 0) is 6.92 Å². The molecule has 0 saturated carbocycles. The number of anilines is 1. The van der Waals surface area contributed by atoms with Gasteiger partial charge in [-0.1, -0.05) is 5.16 Å². The molecule has 0 unspecified atom stereocenters. The Balaban J connectivity index is 1.48. The Hall–Kier alpha value is -2.68. The third-order valence-electron chi connectivity index (χ3n) is 5.28. The molecule has 26 heavy (non-hydrogen) atoms. The topological polar surface area (TPSA) is 103 Å². The zero-order valence-electron chi connectivity index (χ0n) is 14.8. The summed E-state index contributed by atoms with van der Waals surface area (Å²) in [5.41, 5.74) is 0.325. The molecule has 1 amide bonds. The maximum Gasteiger partial charge on any atom is 0.256 e. The maximum atomic E-state index is 12.4. The molecule has 0 aromatic carbocycles. The predicted octanol–water partition coefficient (Wildman–Crippen LogP) is 0.664. The van der Waals surface area contributed by atoms with Gasteiger partial charge >= 0.3 is 0 Å². The zero-order valence-corrected chi connectivity index (χ0v) is 14.8. The van der Waals surface area contributed by atoms with Crippen molar-refractivity contribution in [1.82, 2.24) is 20.4 Å². The molecule has 0 aliphatic carbocycles. The molecule has 2 aliphatic rings. The lowest BCUT2D eigenvalue weighted by Crippen LogP contribution is -2.43. The normalized spacial score (nSPS) is 24.5. The van der Waals surface area contributed by atoms with Crippen LogP contribution in [0.25, 0.3) is 0 Å². The molecule has 2 atom stereocenters.